The second-order valence-corrected chi connectivity index (χ2v) is 4.18. The monoisotopic (exact) mass is 237 g/mol. The van der Waals surface area contributed by atoms with Crippen LogP contribution in [0, 0.1) is 6.92 Å². The number of nitrogens with zero attached hydrogens (tertiary/aromatic N) is 2. The number of methoxy groups -OCH3 is 1. The Morgan fingerprint density at radius 2 is 2.12 bits per heavy atom. The van der Waals surface area contributed by atoms with Crippen molar-refractivity contribution in [2.75, 3.05) is 13.7 Å². The fraction of sp³-hybridized carbons (Fsp3) is 0.692. The first kappa shape index (κ1) is 14.1. The molecule has 0 amide bonds. The number of hydrogen-bond donors (Lipinski definition) is 1. The summed E-state index contributed by atoms with van der Waals surface area (Å²) >= 11 is 0. The highest BCUT2D eigenvalue weighted by Gasteiger charge is 2.15. The van der Waals surface area contributed by atoms with Crippen LogP contribution in [0.2, 0.25) is 0 Å². The van der Waals surface area contributed by atoms with Gasteiger partial charge in [0.1, 0.15) is 6.10 Å². The Hall–Kier alpha value is -1.00. The summed E-state index contributed by atoms with van der Waals surface area (Å²) < 4.78 is 5.35. The number of nitrogens with one attached hydrogen (secondary N) is 1. The van der Waals surface area contributed by atoms with Crippen LogP contribution in [0.3, 0.4) is 0 Å². The van der Waals surface area contributed by atoms with Crippen molar-refractivity contribution >= 4 is 0 Å². The summed E-state index contributed by atoms with van der Waals surface area (Å²) in [5.74, 6) is 0.778. The first-order valence-electron chi connectivity index (χ1n) is 6.23. The summed E-state index contributed by atoms with van der Waals surface area (Å²) in [5.41, 5.74) is 2.18. The molecule has 4 heteroatoms. The lowest BCUT2D eigenvalue weighted by molar-refractivity contribution is 0.0923. The molecule has 1 rings (SSSR count). The Balaban J connectivity index is 2.92. The molecule has 2 atom stereocenters. The minimum atomic E-state index is -0.00260. The number of aryl methyl sites for hydroxylation is 1. The van der Waals surface area contributed by atoms with Gasteiger partial charge in [-0.3, -0.25) is 0 Å². The minimum absolute atomic E-state index is 0.00260. The Labute approximate surface area is 104 Å². The van der Waals surface area contributed by atoms with E-state index in [1.807, 2.05) is 13.1 Å². The second kappa shape index (κ2) is 6.67. The Morgan fingerprint density at radius 3 is 2.59 bits per heavy atom. The van der Waals surface area contributed by atoms with Crippen LogP contribution >= 0.6 is 0 Å². The molecule has 17 heavy (non-hydrogen) atoms. The maximum atomic E-state index is 5.35. The predicted molar refractivity (Wildman–Crippen MR) is 68.9 cm³/mol. The SMILES string of the molecule is CCNC(C)c1cnc(C(CC)OC)nc1C. The van der Waals surface area contributed by atoms with Gasteiger partial charge in [0.2, 0.25) is 0 Å². The van der Waals surface area contributed by atoms with Gasteiger partial charge < -0.3 is 10.1 Å². The quantitative estimate of drug-likeness (QED) is 0.826. The summed E-state index contributed by atoms with van der Waals surface area (Å²) in [5, 5.41) is 3.37. The zero-order chi connectivity index (χ0) is 12.8. The fourth-order valence-corrected chi connectivity index (χ4v) is 1.95. The summed E-state index contributed by atoms with van der Waals surface area (Å²) in [6, 6.07) is 0.289. The van der Waals surface area contributed by atoms with E-state index in [2.05, 4.69) is 36.1 Å². The summed E-state index contributed by atoms with van der Waals surface area (Å²) in [6.45, 7) is 9.26. The third kappa shape index (κ3) is 3.48. The molecule has 96 valence electrons. The van der Waals surface area contributed by atoms with Gasteiger partial charge >= 0.3 is 0 Å². The van der Waals surface area contributed by atoms with Crippen molar-refractivity contribution in [3.63, 3.8) is 0 Å². The van der Waals surface area contributed by atoms with E-state index in [-0.39, 0.29) is 12.1 Å². The molecule has 4 nitrogen and oxygen atoms in total. The highest BCUT2D eigenvalue weighted by molar-refractivity contribution is 5.20. The van der Waals surface area contributed by atoms with Crippen LogP contribution in [0.4, 0.5) is 0 Å². The van der Waals surface area contributed by atoms with E-state index in [4.69, 9.17) is 4.74 Å². The highest BCUT2D eigenvalue weighted by atomic mass is 16.5. The summed E-state index contributed by atoms with van der Waals surface area (Å²) in [7, 11) is 1.70. The van der Waals surface area contributed by atoms with Crippen molar-refractivity contribution in [2.45, 2.75) is 46.3 Å². The van der Waals surface area contributed by atoms with Gasteiger partial charge in [-0.25, -0.2) is 9.97 Å². The minimum Gasteiger partial charge on any atom is -0.373 e. The first-order chi connectivity index (χ1) is 8.13. The van der Waals surface area contributed by atoms with Crippen LogP contribution in [0.15, 0.2) is 6.20 Å². The van der Waals surface area contributed by atoms with Gasteiger partial charge in [-0.1, -0.05) is 13.8 Å². The van der Waals surface area contributed by atoms with E-state index in [1.54, 1.807) is 7.11 Å². The summed E-state index contributed by atoms with van der Waals surface area (Å²) in [4.78, 5) is 8.95. The second-order valence-electron chi connectivity index (χ2n) is 4.18. The summed E-state index contributed by atoms with van der Waals surface area (Å²) in [6.07, 6.45) is 2.79. The molecule has 0 aliphatic carbocycles. The fourth-order valence-electron chi connectivity index (χ4n) is 1.95. The Bertz CT molecular complexity index is 351. The molecule has 0 aromatic carbocycles. The van der Waals surface area contributed by atoms with E-state index < -0.39 is 0 Å². The third-order valence-corrected chi connectivity index (χ3v) is 2.96. The van der Waals surface area contributed by atoms with Crippen molar-refractivity contribution in [1.29, 1.82) is 0 Å². The van der Waals surface area contributed by atoms with Crippen LogP contribution in [0.5, 0.6) is 0 Å². The molecule has 0 saturated carbocycles. The van der Waals surface area contributed by atoms with Gasteiger partial charge in [-0.2, -0.15) is 0 Å². The van der Waals surface area contributed by atoms with Crippen LogP contribution in [0.25, 0.3) is 0 Å². The molecular weight excluding hydrogens is 214 g/mol. The van der Waals surface area contributed by atoms with Crippen LogP contribution in [-0.2, 0) is 4.74 Å². The van der Waals surface area contributed by atoms with Crippen molar-refractivity contribution < 1.29 is 4.74 Å². The van der Waals surface area contributed by atoms with E-state index in [1.165, 1.54) is 0 Å². The zero-order valence-corrected chi connectivity index (χ0v) is 11.4. The highest BCUT2D eigenvalue weighted by Crippen LogP contribution is 2.20. The molecule has 0 fully saturated rings. The largest absolute Gasteiger partial charge is 0.373 e. The van der Waals surface area contributed by atoms with Crippen LogP contribution < -0.4 is 5.32 Å². The molecule has 0 spiro atoms. The Morgan fingerprint density at radius 1 is 1.41 bits per heavy atom. The molecule has 1 heterocycles. The smallest absolute Gasteiger partial charge is 0.157 e. The number of aromatic nitrogens is 2. The molecule has 0 bridgehead atoms. The van der Waals surface area contributed by atoms with Crippen LogP contribution in [-0.4, -0.2) is 23.6 Å². The van der Waals surface area contributed by atoms with Crippen molar-refractivity contribution in [1.82, 2.24) is 15.3 Å². The van der Waals surface area contributed by atoms with E-state index in [0.717, 1.165) is 30.0 Å². The van der Waals surface area contributed by atoms with Gasteiger partial charge in [0.05, 0.1) is 0 Å². The lowest BCUT2D eigenvalue weighted by Crippen LogP contribution is -2.20. The van der Waals surface area contributed by atoms with Crippen molar-refractivity contribution in [3.8, 4) is 0 Å². The van der Waals surface area contributed by atoms with Gasteiger partial charge in [0.15, 0.2) is 5.82 Å². The molecule has 2 unspecified atom stereocenters. The van der Waals surface area contributed by atoms with E-state index >= 15 is 0 Å². The predicted octanol–water partition coefficient (Wildman–Crippen LogP) is 2.55. The maximum absolute atomic E-state index is 5.35. The number of hydrogen-bond acceptors (Lipinski definition) is 4. The number of ether oxygens (including phenoxy) is 1. The third-order valence-electron chi connectivity index (χ3n) is 2.96. The van der Waals surface area contributed by atoms with Crippen molar-refractivity contribution in [2.24, 2.45) is 0 Å². The Kier molecular flexibility index (Phi) is 5.51. The first-order valence-corrected chi connectivity index (χ1v) is 6.23. The topological polar surface area (TPSA) is 47.0 Å². The average molecular weight is 237 g/mol. The lowest BCUT2D eigenvalue weighted by atomic mass is 10.1. The molecular formula is C13H23N3O. The van der Waals surface area contributed by atoms with E-state index in [0.29, 0.717) is 0 Å². The molecule has 1 aromatic heterocycles. The average Bonchev–Trinajstić information content (AvgIpc) is 2.31. The molecule has 0 saturated heterocycles. The molecule has 0 aliphatic heterocycles. The maximum Gasteiger partial charge on any atom is 0.157 e. The van der Waals surface area contributed by atoms with E-state index in [9.17, 15) is 0 Å². The lowest BCUT2D eigenvalue weighted by Gasteiger charge is -2.17. The van der Waals surface area contributed by atoms with Gasteiger partial charge in [-0.15, -0.1) is 0 Å². The van der Waals surface area contributed by atoms with Gasteiger partial charge in [0, 0.05) is 30.6 Å². The zero-order valence-electron chi connectivity index (χ0n) is 11.4. The molecule has 1 aromatic rings. The molecule has 0 aliphatic rings. The van der Waals surface area contributed by atoms with Crippen LogP contribution in [0.1, 0.15) is 56.4 Å². The normalized spacial score (nSPS) is 14.6. The van der Waals surface area contributed by atoms with Gasteiger partial charge in [-0.05, 0) is 26.8 Å². The van der Waals surface area contributed by atoms with Crippen molar-refractivity contribution in [3.05, 3.63) is 23.3 Å². The standard InChI is InChI=1S/C13H23N3O/c1-6-12(17-5)13-15-8-11(10(4)16-13)9(3)14-7-2/h8-9,12,14H,6-7H2,1-5H3. The molecule has 0 radical (unpaired) electrons. The molecule has 1 N–H and O–H groups in total. The van der Waals surface area contributed by atoms with Gasteiger partial charge in [0.25, 0.3) is 0 Å². The number of rotatable bonds is 6.